The highest BCUT2D eigenvalue weighted by Gasteiger charge is 2.21. The van der Waals surface area contributed by atoms with Crippen molar-refractivity contribution in [2.24, 2.45) is 0 Å². The van der Waals surface area contributed by atoms with E-state index >= 15 is 0 Å². The van der Waals surface area contributed by atoms with Gasteiger partial charge in [-0.1, -0.05) is 37.3 Å². The van der Waals surface area contributed by atoms with Crippen molar-refractivity contribution in [2.75, 3.05) is 19.4 Å². The first kappa shape index (κ1) is 16.6. The number of rotatable bonds is 7. The zero-order valence-corrected chi connectivity index (χ0v) is 12.3. The lowest BCUT2D eigenvalue weighted by atomic mass is 10.0. The van der Waals surface area contributed by atoms with E-state index in [2.05, 4.69) is 9.46 Å². The number of esters is 1. The number of methoxy groups -OCH3 is 1. The van der Waals surface area contributed by atoms with E-state index in [0.29, 0.717) is 0 Å². The Morgan fingerprint density at radius 1 is 1.35 bits per heavy atom. The molecule has 1 aromatic rings. The number of carbonyl (C=O) groups is 1. The van der Waals surface area contributed by atoms with Crippen molar-refractivity contribution >= 4 is 16.0 Å². The predicted octanol–water partition coefficient (Wildman–Crippen LogP) is 0.243. The molecule has 7 heteroatoms. The average Bonchev–Trinajstić information content (AvgIpc) is 2.44. The van der Waals surface area contributed by atoms with Crippen molar-refractivity contribution in [3.8, 4) is 0 Å². The van der Waals surface area contributed by atoms with Crippen LogP contribution in [0.3, 0.4) is 0 Å². The highest BCUT2D eigenvalue weighted by molar-refractivity contribution is 7.89. The van der Waals surface area contributed by atoms with Crippen molar-refractivity contribution in [2.45, 2.75) is 18.9 Å². The number of hydrogen-bond donors (Lipinski definition) is 2. The number of aliphatic hydroxyl groups excluding tert-OH is 1. The molecule has 2 atom stereocenters. The second-order valence-corrected chi connectivity index (χ2v) is 6.33. The maximum atomic E-state index is 11.9. The van der Waals surface area contributed by atoms with Gasteiger partial charge in [0.1, 0.15) is 0 Å². The quantitative estimate of drug-likeness (QED) is 0.704. The van der Waals surface area contributed by atoms with Crippen LogP contribution < -0.4 is 4.72 Å². The molecule has 0 fully saturated rings. The number of sulfonamides is 1. The average molecular weight is 301 g/mol. The van der Waals surface area contributed by atoms with Crippen molar-refractivity contribution in [3.63, 3.8) is 0 Å². The molecule has 0 saturated carbocycles. The molecule has 20 heavy (non-hydrogen) atoms. The SMILES string of the molecule is COC(=O)C(O)CNS(=O)(=O)CC(C)c1ccccc1. The van der Waals surface area contributed by atoms with Crippen LogP contribution >= 0.6 is 0 Å². The highest BCUT2D eigenvalue weighted by atomic mass is 32.2. The standard InChI is InChI=1S/C13H19NO5S/c1-10(11-6-4-3-5-7-11)9-20(17,18)14-8-12(15)13(16)19-2/h3-7,10,12,14-15H,8-9H2,1-2H3. The van der Waals surface area contributed by atoms with Gasteiger partial charge >= 0.3 is 5.97 Å². The molecule has 1 rings (SSSR count). The molecule has 0 amide bonds. The minimum absolute atomic E-state index is 0.120. The minimum Gasteiger partial charge on any atom is -0.467 e. The summed E-state index contributed by atoms with van der Waals surface area (Å²) in [5.74, 6) is -1.18. The first-order valence-electron chi connectivity index (χ1n) is 6.14. The zero-order valence-electron chi connectivity index (χ0n) is 11.4. The van der Waals surface area contributed by atoms with E-state index in [9.17, 15) is 18.3 Å². The van der Waals surface area contributed by atoms with Crippen LogP contribution in [0.2, 0.25) is 0 Å². The summed E-state index contributed by atoms with van der Waals surface area (Å²) in [6.07, 6.45) is -1.50. The summed E-state index contributed by atoms with van der Waals surface area (Å²) in [4.78, 5) is 11.0. The van der Waals surface area contributed by atoms with Crippen LogP contribution in [0, 0.1) is 0 Å². The monoisotopic (exact) mass is 301 g/mol. The Kier molecular flexibility index (Phi) is 6.12. The van der Waals surface area contributed by atoms with Gasteiger partial charge in [0, 0.05) is 6.54 Å². The van der Waals surface area contributed by atoms with E-state index in [-0.39, 0.29) is 11.7 Å². The first-order valence-corrected chi connectivity index (χ1v) is 7.79. The van der Waals surface area contributed by atoms with Crippen LogP contribution in [0.5, 0.6) is 0 Å². The van der Waals surface area contributed by atoms with Gasteiger partial charge in [0.15, 0.2) is 6.10 Å². The van der Waals surface area contributed by atoms with Crippen LogP contribution in [0.25, 0.3) is 0 Å². The Hall–Kier alpha value is -1.44. The van der Waals surface area contributed by atoms with Crippen LogP contribution in [-0.2, 0) is 19.6 Å². The molecule has 0 saturated heterocycles. The molecule has 1 aromatic carbocycles. The molecule has 6 nitrogen and oxygen atoms in total. The molecule has 0 aromatic heterocycles. The fourth-order valence-corrected chi connectivity index (χ4v) is 3.07. The summed E-state index contributed by atoms with van der Waals surface area (Å²) in [5.41, 5.74) is 0.909. The lowest BCUT2D eigenvalue weighted by Gasteiger charge is -2.14. The van der Waals surface area contributed by atoms with Crippen molar-refractivity contribution in [1.29, 1.82) is 0 Å². The summed E-state index contributed by atoms with van der Waals surface area (Å²) in [5, 5.41) is 9.33. The van der Waals surface area contributed by atoms with Gasteiger partial charge in [-0.05, 0) is 11.5 Å². The molecule has 2 unspecified atom stereocenters. The van der Waals surface area contributed by atoms with Crippen molar-refractivity contribution in [3.05, 3.63) is 35.9 Å². The molecule has 0 bridgehead atoms. The van der Waals surface area contributed by atoms with Crippen LogP contribution in [0.1, 0.15) is 18.4 Å². The molecule has 0 spiro atoms. The molecule has 0 radical (unpaired) electrons. The zero-order chi connectivity index (χ0) is 15.2. The molecule has 0 aliphatic carbocycles. The third-order valence-corrected chi connectivity index (χ3v) is 4.35. The molecule has 112 valence electrons. The minimum atomic E-state index is -3.58. The fourth-order valence-electron chi connectivity index (χ4n) is 1.69. The van der Waals surface area contributed by atoms with E-state index in [1.807, 2.05) is 30.3 Å². The Morgan fingerprint density at radius 3 is 2.50 bits per heavy atom. The van der Waals surface area contributed by atoms with Crippen molar-refractivity contribution in [1.82, 2.24) is 4.72 Å². The van der Waals surface area contributed by atoms with E-state index in [1.54, 1.807) is 6.92 Å². The van der Waals surface area contributed by atoms with E-state index < -0.39 is 28.6 Å². The lowest BCUT2D eigenvalue weighted by Crippen LogP contribution is -2.38. The number of ether oxygens (including phenoxy) is 1. The summed E-state index contributed by atoms with van der Waals surface area (Å²) in [6.45, 7) is 1.40. The normalized spacial score (nSPS) is 14.6. The summed E-state index contributed by atoms with van der Waals surface area (Å²) < 4.78 is 30.2. The van der Waals surface area contributed by atoms with Crippen LogP contribution in [0.4, 0.5) is 0 Å². The second-order valence-electron chi connectivity index (χ2n) is 4.48. The number of nitrogens with one attached hydrogen (secondary N) is 1. The number of benzene rings is 1. The summed E-state index contributed by atoms with van der Waals surface area (Å²) in [7, 11) is -2.46. The van der Waals surface area contributed by atoms with Gasteiger partial charge in [-0.15, -0.1) is 0 Å². The fraction of sp³-hybridized carbons (Fsp3) is 0.462. The Bertz CT molecular complexity index is 529. The van der Waals surface area contributed by atoms with Crippen LogP contribution in [-0.4, -0.2) is 45.0 Å². The van der Waals surface area contributed by atoms with Gasteiger partial charge in [0.2, 0.25) is 10.0 Å². The second kappa shape index (κ2) is 7.37. The summed E-state index contributed by atoms with van der Waals surface area (Å²) in [6, 6.07) is 9.24. The smallest absolute Gasteiger partial charge is 0.336 e. The van der Waals surface area contributed by atoms with E-state index in [0.717, 1.165) is 12.7 Å². The number of hydrogen-bond acceptors (Lipinski definition) is 5. The summed E-state index contributed by atoms with van der Waals surface area (Å²) >= 11 is 0. The van der Waals surface area contributed by atoms with Gasteiger partial charge in [-0.3, -0.25) is 0 Å². The predicted molar refractivity (Wildman–Crippen MR) is 74.7 cm³/mol. The lowest BCUT2D eigenvalue weighted by molar-refractivity contribution is -0.149. The Balaban J connectivity index is 2.56. The van der Waals surface area contributed by atoms with E-state index in [1.165, 1.54) is 0 Å². The maximum Gasteiger partial charge on any atom is 0.336 e. The molecule has 0 heterocycles. The van der Waals surface area contributed by atoms with Gasteiger partial charge in [0.05, 0.1) is 12.9 Å². The topological polar surface area (TPSA) is 92.7 Å². The highest BCUT2D eigenvalue weighted by Crippen LogP contribution is 2.16. The third-order valence-electron chi connectivity index (χ3n) is 2.81. The van der Waals surface area contributed by atoms with Gasteiger partial charge < -0.3 is 9.84 Å². The first-order chi connectivity index (χ1) is 9.35. The number of aliphatic hydroxyl groups is 1. The van der Waals surface area contributed by atoms with E-state index in [4.69, 9.17) is 0 Å². The van der Waals surface area contributed by atoms with Crippen LogP contribution in [0.15, 0.2) is 30.3 Å². The van der Waals surface area contributed by atoms with Gasteiger partial charge in [0.25, 0.3) is 0 Å². The van der Waals surface area contributed by atoms with Crippen molar-refractivity contribution < 1.29 is 23.1 Å². The molecular weight excluding hydrogens is 282 g/mol. The largest absolute Gasteiger partial charge is 0.467 e. The number of carbonyl (C=O) groups excluding carboxylic acids is 1. The van der Waals surface area contributed by atoms with Gasteiger partial charge in [-0.25, -0.2) is 17.9 Å². The molecule has 2 N–H and O–H groups in total. The maximum absolute atomic E-state index is 11.9. The Labute approximate surface area is 118 Å². The molecule has 0 aliphatic rings. The Morgan fingerprint density at radius 2 is 1.95 bits per heavy atom. The molecule has 0 aliphatic heterocycles. The molecular formula is C13H19NO5S. The third kappa shape index (κ3) is 5.28. The van der Waals surface area contributed by atoms with Gasteiger partial charge in [-0.2, -0.15) is 0 Å².